The molecule has 0 fully saturated rings. The second-order valence-corrected chi connectivity index (χ2v) is 2.28. The summed E-state index contributed by atoms with van der Waals surface area (Å²) >= 11 is 0. The minimum Gasteiger partial charge on any atom is -0.296 e. The molecule has 0 bridgehead atoms. The van der Waals surface area contributed by atoms with E-state index in [1.54, 1.807) is 12.3 Å². The van der Waals surface area contributed by atoms with Crippen LogP contribution < -0.4 is 0 Å². The van der Waals surface area contributed by atoms with Gasteiger partial charge in [0, 0.05) is 6.21 Å². The number of Topliss-reactive ketones (excluding diaryl/α,β-unsaturated/α-hetero) is 1. The van der Waals surface area contributed by atoms with Crippen LogP contribution in [0.1, 0.15) is 0 Å². The lowest BCUT2D eigenvalue weighted by Gasteiger charge is -2.03. The number of fused-ring (bicyclic) bond motifs is 1. The molecule has 0 amide bonds. The van der Waals surface area contributed by atoms with Gasteiger partial charge in [-0.1, -0.05) is 6.08 Å². The van der Waals surface area contributed by atoms with Gasteiger partial charge in [-0.3, -0.25) is 9.79 Å². The lowest BCUT2D eigenvalue weighted by molar-refractivity contribution is -0.117. The molecule has 0 saturated carbocycles. The molecule has 0 aromatic rings. The Morgan fingerprint density at radius 3 is 3.30 bits per heavy atom. The van der Waals surface area contributed by atoms with E-state index in [-0.39, 0.29) is 11.7 Å². The number of dihydropyridines is 1. The van der Waals surface area contributed by atoms with Crippen LogP contribution in [0.5, 0.6) is 0 Å². The van der Waals surface area contributed by atoms with Gasteiger partial charge in [0.25, 0.3) is 0 Å². The highest BCUT2D eigenvalue weighted by atomic mass is 16.1. The second-order valence-electron chi connectivity index (χ2n) is 2.28. The zero-order valence-corrected chi connectivity index (χ0v) is 5.32. The van der Waals surface area contributed by atoms with Crippen molar-refractivity contribution in [3.8, 4) is 0 Å². The van der Waals surface area contributed by atoms with Crippen LogP contribution in [0.3, 0.4) is 0 Å². The number of ketones is 1. The summed E-state index contributed by atoms with van der Waals surface area (Å²) in [6.07, 6.45) is 5.28. The van der Waals surface area contributed by atoms with Crippen molar-refractivity contribution in [2.45, 2.75) is 0 Å². The first-order chi connectivity index (χ1) is 4.88. The topological polar surface area (TPSA) is 41.8 Å². The van der Waals surface area contributed by atoms with E-state index in [4.69, 9.17) is 0 Å². The summed E-state index contributed by atoms with van der Waals surface area (Å²) < 4.78 is 0. The summed E-state index contributed by atoms with van der Waals surface area (Å²) in [5.74, 6) is 0.695. The largest absolute Gasteiger partial charge is 0.296 e. The van der Waals surface area contributed by atoms with Crippen molar-refractivity contribution in [3.63, 3.8) is 0 Å². The molecule has 3 nitrogen and oxygen atoms in total. The Bertz CT molecular complexity index is 263. The number of nitrogens with zero attached hydrogens (tertiary/aromatic N) is 2. The van der Waals surface area contributed by atoms with Gasteiger partial charge in [0.15, 0.2) is 5.78 Å². The Morgan fingerprint density at radius 1 is 1.60 bits per heavy atom. The zero-order valence-electron chi connectivity index (χ0n) is 5.32. The molecule has 0 aromatic carbocycles. The zero-order chi connectivity index (χ0) is 6.97. The van der Waals surface area contributed by atoms with Crippen molar-refractivity contribution in [1.82, 2.24) is 0 Å². The average Bonchev–Trinajstić information content (AvgIpc) is 2.34. The molecule has 2 rings (SSSR count). The summed E-state index contributed by atoms with van der Waals surface area (Å²) in [5.41, 5.74) is 0. The van der Waals surface area contributed by atoms with E-state index in [1.807, 2.05) is 6.08 Å². The number of allylic oxidation sites excluding steroid dienone is 1. The smallest absolute Gasteiger partial charge is 0.168 e. The van der Waals surface area contributed by atoms with Crippen molar-refractivity contribution in [3.05, 3.63) is 12.2 Å². The first-order valence-corrected chi connectivity index (χ1v) is 3.16. The van der Waals surface area contributed by atoms with Crippen molar-refractivity contribution in [2.24, 2.45) is 15.9 Å². The van der Waals surface area contributed by atoms with Crippen LogP contribution in [-0.2, 0) is 4.79 Å². The van der Waals surface area contributed by atoms with Gasteiger partial charge < -0.3 is 0 Å². The molecule has 50 valence electrons. The molecule has 0 aliphatic carbocycles. The van der Waals surface area contributed by atoms with E-state index < -0.39 is 0 Å². The van der Waals surface area contributed by atoms with Gasteiger partial charge in [0.2, 0.25) is 0 Å². The monoisotopic (exact) mass is 134 g/mol. The quantitative estimate of drug-likeness (QED) is 0.467. The fraction of sp³-hybridized carbons (Fsp3) is 0.286. The summed E-state index contributed by atoms with van der Waals surface area (Å²) in [6.45, 7) is 0.307. The number of hydrogen-bond acceptors (Lipinski definition) is 3. The third-order valence-electron chi connectivity index (χ3n) is 1.62. The molecule has 1 atom stereocenters. The fourth-order valence-electron chi connectivity index (χ4n) is 1.09. The minimum absolute atomic E-state index is 0.134. The van der Waals surface area contributed by atoms with Gasteiger partial charge in [0.05, 0.1) is 5.92 Å². The Kier molecular flexibility index (Phi) is 1.03. The van der Waals surface area contributed by atoms with Crippen LogP contribution in [0.4, 0.5) is 0 Å². The van der Waals surface area contributed by atoms with Crippen LogP contribution in [0.15, 0.2) is 22.1 Å². The van der Waals surface area contributed by atoms with Crippen molar-refractivity contribution >= 4 is 17.8 Å². The molecule has 10 heavy (non-hydrogen) atoms. The van der Waals surface area contributed by atoms with Crippen molar-refractivity contribution in [2.75, 3.05) is 6.54 Å². The predicted octanol–water partition coefficient (Wildman–Crippen LogP) is 0.224. The molecular weight excluding hydrogens is 128 g/mol. The molecule has 2 aliphatic heterocycles. The molecule has 0 aromatic heterocycles. The maximum atomic E-state index is 11.0. The van der Waals surface area contributed by atoms with E-state index in [2.05, 4.69) is 9.98 Å². The molecule has 3 heteroatoms. The SMILES string of the molecule is O=C1CN=C2N=CC=CC12. The van der Waals surface area contributed by atoms with Gasteiger partial charge in [-0.2, -0.15) is 0 Å². The van der Waals surface area contributed by atoms with E-state index in [0.717, 1.165) is 0 Å². The third kappa shape index (κ3) is 0.635. The summed E-state index contributed by atoms with van der Waals surface area (Å²) in [6, 6.07) is 0. The molecule has 1 unspecified atom stereocenters. The highest BCUT2D eigenvalue weighted by Crippen LogP contribution is 2.14. The van der Waals surface area contributed by atoms with Crippen LogP contribution in [0, 0.1) is 5.92 Å². The maximum Gasteiger partial charge on any atom is 0.168 e. The molecule has 0 spiro atoms. The average molecular weight is 134 g/mol. The van der Waals surface area contributed by atoms with E-state index in [1.165, 1.54) is 0 Å². The number of hydrogen-bond donors (Lipinski definition) is 0. The number of rotatable bonds is 0. The van der Waals surface area contributed by atoms with Crippen molar-refractivity contribution in [1.29, 1.82) is 0 Å². The number of carbonyl (C=O) groups excluding carboxylic acids is 1. The van der Waals surface area contributed by atoms with Crippen LogP contribution in [-0.4, -0.2) is 24.4 Å². The van der Waals surface area contributed by atoms with Gasteiger partial charge >= 0.3 is 0 Å². The second kappa shape index (κ2) is 1.87. The van der Waals surface area contributed by atoms with Gasteiger partial charge in [-0.25, -0.2) is 4.99 Å². The molecule has 0 radical (unpaired) electrons. The fourth-order valence-corrected chi connectivity index (χ4v) is 1.09. The van der Waals surface area contributed by atoms with Gasteiger partial charge in [-0.15, -0.1) is 0 Å². The first kappa shape index (κ1) is 5.53. The van der Waals surface area contributed by atoms with Crippen LogP contribution in [0.2, 0.25) is 0 Å². The molecular formula is C7H6N2O. The lowest BCUT2D eigenvalue weighted by Crippen LogP contribution is -2.16. The van der Waals surface area contributed by atoms with Crippen LogP contribution in [0.25, 0.3) is 0 Å². The maximum absolute atomic E-state index is 11.0. The predicted molar refractivity (Wildman–Crippen MR) is 38.4 cm³/mol. The molecule has 0 saturated heterocycles. The van der Waals surface area contributed by atoms with Gasteiger partial charge in [-0.05, 0) is 6.08 Å². The first-order valence-electron chi connectivity index (χ1n) is 3.16. The normalized spacial score (nSPS) is 28.6. The third-order valence-corrected chi connectivity index (χ3v) is 1.62. The summed E-state index contributed by atoms with van der Waals surface area (Å²) in [7, 11) is 0. The molecule has 2 aliphatic rings. The lowest BCUT2D eigenvalue weighted by atomic mass is 10.0. The Morgan fingerprint density at radius 2 is 2.50 bits per heavy atom. The van der Waals surface area contributed by atoms with E-state index in [9.17, 15) is 4.79 Å². The molecule has 0 N–H and O–H groups in total. The van der Waals surface area contributed by atoms with Crippen molar-refractivity contribution < 1.29 is 4.79 Å². The number of carbonyl (C=O) groups is 1. The minimum atomic E-state index is -0.134. The Hall–Kier alpha value is -1.25. The standard InChI is InChI=1S/C7H6N2O/c10-6-4-9-7-5(6)2-1-3-8-7/h1-3,5H,4H2. The van der Waals surface area contributed by atoms with Gasteiger partial charge in [0.1, 0.15) is 12.4 Å². The summed E-state index contributed by atoms with van der Waals surface area (Å²) in [4.78, 5) is 18.9. The summed E-state index contributed by atoms with van der Waals surface area (Å²) in [5, 5.41) is 0. The number of aliphatic imine (C=N–C) groups is 2. The molecule has 2 heterocycles. The van der Waals surface area contributed by atoms with E-state index in [0.29, 0.717) is 12.4 Å². The van der Waals surface area contributed by atoms with E-state index >= 15 is 0 Å². The van der Waals surface area contributed by atoms with Crippen LogP contribution >= 0.6 is 0 Å². The Labute approximate surface area is 58.2 Å². The number of amidine groups is 1. The highest BCUT2D eigenvalue weighted by Gasteiger charge is 2.27. The Balaban J connectivity index is 2.39. The highest BCUT2D eigenvalue weighted by molar-refractivity contribution is 6.15.